The van der Waals surface area contributed by atoms with Gasteiger partial charge >= 0.3 is 17.9 Å². The molecule has 0 saturated carbocycles. The normalized spacial score (nSPS) is 12.0. The zero-order chi connectivity index (χ0) is 57.1. The molecule has 0 aromatic rings. The first kappa shape index (κ1) is 77.2. The number of carbonyl (C=O) groups excluding carboxylic acids is 3. The second kappa shape index (κ2) is 68.6. The zero-order valence-corrected chi connectivity index (χ0v) is 53.9. The molecule has 1 atom stereocenters. The van der Waals surface area contributed by atoms with Crippen LogP contribution in [0.4, 0.5) is 0 Å². The number of hydrogen-bond acceptors (Lipinski definition) is 6. The number of hydrogen-bond donors (Lipinski definition) is 0. The molecular weight excluding hydrogens is 973 g/mol. The Morgan fingerprint density at radius 3 is 0.633 bits per heavy atom. The van der Waals surface area contributed by atoms with Crippen LogP contribution in [0.1, 0.15) is 419 Å². The fraction of sp³-hybridized carbons (Fsp3) is 0.932. The lowest BCUT2D eigenvalue weighted by atomic mass is 10.0. The van der Waals surface area contributed by atoms with Crippen molar-refractivity contribution in [3.05, 3.63) is 12.2 Å². The Bertz CT molecular complexity index is 1230. The molecular formula is C73H140O6. The van der Waals surface area contributed by atoms with E-state index in [9.17, 15) is 14.4 Å². The smallest absolute Gasteiger partial charge is 0.306 e. The average Bonchev–Trinajstić information content (AvgIpc) is 3.45. The van der Waals surface area contributed by atoms with Gasteiger partial charge in [-0.1, -0.05) is 367 Å². The quantitative estimate of drug-likeness (QED) is 0.0261. The summed E-state index contributed by atoms with van der Waals surface area (Å²) < 4.78 is 17.0. The van der Waals surface area contributed by atoms with Gasteiger partial charge in [-0.25, -0.2) is 0 Å². The summed E-state index contributed by atoms with van der Waals surface area (Å²) in [5, 5.41) is 0. The third kappa shape index (κ3) is 66.8. The first-order valence-corrected chi connectivity index (χ1v) is 36.2. The molecule has 0 N–H and O–H groups in total. The summed E-state index contributed by atoms with van der Waals surface area (Å²) in [5.74, 6) is -0.841. The van der Waals surface area contributed by atoms with Crippen molar-refractivity contribution in [3.63, 3.8) is 0 Å². The van der Waals surface area contributed by atoms with E-state index in [0.29, 0.717) is 19.3 Å². The topological polar surface area (TPSA) is 78.9 Å². The highest BCUT2D eigenvalue weighted by Crippen LogP contribution is 2.19. The fourth-order valence-electron chi connectivity index (χ4n) is 11.3. The van der Waals surface area contributed by atoms with Crippen LogP contribution in [-0.2, 0) is 28.6 Å². The monoisotopic (exact) mass is 1110 g/mol. The molecule has 0 amide bonds. The number of ether oxygens (including phenoxy) is 3. The lowest BCUT2D eigenvalue weighted by Crippen LogP contribution is -2.30. The molecule has 0 aromatic heterocycles. The highest BCUT2D eigenvalue weighted by Gasteiger charge is 2.19. The summed E-state index contributed by atoms with van der Waals surface area (Å²) >= 11 is 0. The molecule has 0 aliphatic carbocycles. The van der Waals surface area contributed by atoms with Crippen LogP contribution in [0.5, 0.6) is 0 Å². The number of esters is 3. The molecule has 0 aliphatic rings. The van der Waals surface area contributed by atoms with Gasteiger partial charge in [0.1, 0.15) is 13.2 Å². The second-order valence-electron chi connectivity index (χ2n) is 24.9. The Balaban J connectivity index is 4.08. The van der Waals surface area contributed by atoms with Gasteiger partial charge < -0.3 is 14.2 Å². The zero-order valence-electron chi connectivity index (χ0n) is 53.9. The predicted octanol–water partition coefficient (Wildman–Crippen LogP) is 24.8. The van der Waals surface area contributed by atoms with Gasteiger partial charge in [-0.15, -0.1) is 0 Å². The van der Waals surface area contributed by atoms with Crippen LogP contribution < -0.4 is 0 Å². The van der Waals surface area contributed by atoms with Crippen molar-refractivity contribution >= 4 is 17.9 Å². The summed E-state index contributed by atoms with van der Waals surface area (Å²) in [6.45, 7) is 6.71. The van der Waals surface area contributed by atoms with Gasteiger partial charge in [-0.2, -0.15) is 0 Å². The molecule has 0 aromatic carbocycles. The third-order valence-electron chi connectivity index (χ3n) is 16.8. The van der Waals surface area contributed by atoms with Gasteiger partial charge in [-0.3, -0.25) is 14.4 Å². The van der Waals surface area contributed by atoms with Crippen molar-refractivity contribution in [1.82, 2.24) is 0 Å². The Hall–Kier alpha value is -1.85. The lowest BCUT2D eigenvalue weighted by molar-refractivity contribution is -0.167. The summed E-state index contributed by atoms with van der Waals surface area (Å²) in [6.07, 6.45) is 82.6. The molecule has 6 nitrogen and oxygen atoms in total. The number of carbonyl (C=O) groups is 3. The fourth-order valence-corrected chi connectivity index (χ4v) is 11.3. The van der Waals surface area contributed by atoms with Crippen LogP contribution in [0, 0.1) is 0 Å². The van der Waals surface area contributed by atoms with Crippen LogP contribution in [0.3, 0.4) is 0 Å². The minimum Gasteiger partial charge on any atom is -0.462 e. The van der Waals surface area contributed by atoms with Gasteiger partial charge in [0.05, 0.1) is 0 Å². The van der Waals surface area contributed by atoms with Crippen molar-refractivity contribution in [3.8, 4) is 0 Å². The van der Waals surface area contributed by atoms with Crippen molar-refractivity contribution in [2.75, 3.05) is 13.2 Å². The number of allylic oxidation sites excluding steroid dienone is 2. The van der Waals surface area contributed by atoms with E-state index in [4.69, 9.17) is 14.2 Å². The predicted molar refractivity (Wildman–Crippen MR) is 344 cm³/mol. The maximum atomic E-state index is 12.9. The second-order valence-corrected chi connectivity index (χ2v) is 24.9. The molecule has 0 rings (SSSR count). The molecule has 0 radical (unpaired) electrons. The summed E-state index contributed by atoms with van der Waals surface area (Å²) in [5.41, 5.74) is 0. The van der Waals surface area contributed by atoms with Crippen LogP contribution in [-0.4, -0.2) is 37.2 Å². The van der Waals surface area contributed by atoms with Gasteiger partial charge in [0, 0.05) is 19.3 Å². The average molecular weight is 1110 g/mol. The molecule has 0 bridgehead atoms. The van der Waals surface area contributed by atoms with Crippen molar-refractivity contribution < 1.29 is 28.6 Å². The molecule has 1 unspecified atom stereocenters. The van der Waals surface area contributed by atoms with E-state index in [2.05, 4.69) is 32.9 Å². The Morgan fingerprint density at radius 1 is 0.241 bits per heavy atom. The van der Waals surface area contributed by atoms with E-state index >= 15 is 0 Å². The largest absolute Gasteiger partial charge is 0.462 e. The highest BCUT2D eigenvalue weighted by molar-refractivity contribution is 5.71. The highest BCUT2D eigenvalue weighted by atomic mass is 16.6. The van der Waals surface area contributed by atoms with E-state index in [1.165, 1.54) is 315 Å². The summed E-state index contributed by atoms with van der Waals surface area (Å²) in [4.78, 5) is 38.4. The molecule has 0 spiro atoms. The lowest BCUT2D eigenvalue weighted by Gasteiger charge is -2.18. The van der Waals surface area contributed by atoms with E-state index < -0.39 is 6.10 Å². The molecule has 0 aliphatic heterocycles. The van der Waals surface area contributed by atoms with Crippen LogP contribution in [0.15, 0.2) is 12.2 Å². The minimum absolute atomic E-state index is 0.0658. The van der Waals surface area contributed by atoms with Gasteiger partial charge in [0.2, 0.25) is 0 Å². The molecule has 468 valence electrons. The maximum absolute atomic E-state index is 12.9. The third-order valence-corrected chi connectivity index (χ3v) is 16.8. The van der Waals surface area contributed by atoms with Gasteiger partial charge in [0.25, 0.3) is 0 Å². The van der Waals surface area contributed by atoms with E-state index in [1.54, 1.807) is 0 Å². The van der Waals surface area contributed by atoms with Crippen molar-refractivity contribution in [1.29, 1.82) is 0 Å². The minimum atomic E-state index is -0.769. The first-order valence-electron chi connectivity index (χ1n) is 36.2. The summed E-state index contributed by atoms with van der Waals surface area (Å²) in [7, 11) is 0. The van der Waals surface area contributed by atoms with Crippen molar-refractivity contribution in [2.45, 2.75) is 425 Å². The first-order chi connectivity index (χ1) is 39.0. The van der Waals surface area contributed by atoms with Gasteiger partial charge in [-0.05, 0) is 44.9 Å². The van der Waals surface area contributed by atoms with Crippen molar-refractivity contribution in [2.24, 2.45) is 0 Å². The molecule has 6 heteroatoms. The van der Waals surface area contributed by atoms with Gasteiger partial charge in [0.15, 0.2) is 6.10 Å². The maximum Gasteiger partial charge on any atom is 0.306 e. The van der Waals surface area contributed by atoms with Crippen LogP contribution in [0.2, 0.25) is 0 Å². The van der Waals surface area contributed by atoms with Crippen LogP contribution >= 0.6 is 0 Å². The standard InChI is InChI=1S/C73H140O6/c1-4-7-10-13-16-19-22-25-28-29-30-31-32-33-34-35-36-37-38-39-40-41-42-43-44-46-48-51-54-57-60-63-66-72(75)78-69-70(68-77-71(74)65-62-59-56-53-50-47-27-24-21-18-15-12-9-6-3)79-73(76)67-64-61-58-55-52-49-45-26-23-20-17-14-11-8-5-2/h24,27,70H,4-23,25-26,28-69H2,1-3H3/b27-24-. The molecule has 0 fully saturated rings. The molecule has 79 heavy (non-hydrogen) atoms. The Labute approximate surface area is 494 Å². The Kier molecular flexibility index (Phi) is 67.0. The molecule has 0 heterocycles. The van der Waals surface area contributed by atoms with E-state index in [0.717, 1.165) is 64.2 Å². The number of unbranched alkanes of at least 4 members (excludes halogenated alkanes) is 55. The van der Waals surface area contributed by atoms with E-state index in [-0.39, 0.29) is 31.1 Å². The summed E-state index contributed by atoms with van der Waals surface area (Å²) in [6, 6.07) is 0. The van der Waals surface area contributed by atoms with Crippen LogP contribution in [0.25, 0.3) is 0 Å². The number of rotatable bonds is 68. The SMILES string of the molecule is CCCCCCC/C=C\CCCCCCCC(=O)OCC(COC(=O)CCCCCCCCCCCCCCCCCCCCCCCCCCCCCCCCCC)OC(=O)CCCCCCCCCCCCCCCCC. The molecule has 0 saturated heterocycles. The Morgan fingerprint density at radius 2 is 0.418 bits per heavy atom. The van der Waals surface area contributed by atoms with E-state index in [1.807, 2.05) is 0 Å².